The van der Waals surface area contributed by atoms with Gasteiger partial charge in [-0.05, 0) is 59.3 Å². The predicted octanol–water partition coefficient (Wildman–Crippen LogP) is 4.19. The third kappa shape index (κ3) is 2.59. The van der Waals surface area contributed by atoms with Crippen LogP contribution in [0.25, 0.3) is 16.7 Å². The lowest BCUT2D eigenvalue weighted by atomic mass is 10.2. The van der Waals surface area contributed by atoms with Crippen molar-refractivity contribution < 1.29 is 5.11 Å². The number of halogens is 2. The van der Waals surface area contributed by atoms with Crippen molar-refractivity contribution in [3.63, 3.8) is 0 Å². The second-order valence-electron chi connectivity index (χ2n) is 4.83. The zero-order valence-electron chi connectivity index (χ0n) is 11.2. The molecule has 0 fully saturated rings. The number of nitrogens with zero attached hydrogens (tertiary/aromatic N) is 2. The van der Waals surface area contributed by atoms with Gasteiger partial charge in [0.05, 0.1) is 16.7 Å². The van der Waals surface area contributed by atoms with Gasteiger partial charge in [-0.2, -0.15) is 0 Å². The first-order valence-corrected chi connectivity index (χ1v) is 7.97. The molecule has 0 aliphatic rings. The molecule has 0 amide bonds. The van der Waals surface area contributed by atoms with Crippen molar-refractivity contribution in [2.75, 3.05) is 5.73 Å². The summed E-state index contributed by atoms with van der Waals surface area (Å²) in [5, 5.41) is 10.1. The number of aromatic nitrogens is 2. The number of aliphatic hydroxyl groups excluding tert-OH is 1. The number of benzene rings is 2. The summed E-state index contributed by atoms with van der Waals surface area (Å²) in [5.41, 5.74) is 9.05. The van der Waals surface area contributed by atoms with Gasteiger partial charge in [-0.15, -0.1) is 0 Å². The molecule has 3 rings (SSSR count). The normalized spacial score (nSPS) is 12.8. The highest BCUT2D eigenvalue weighted by Crippen LogP contribution is 2.32. The maximum atomic E-state index is 10.1. The van der Waals surface area contributed by atoms with Crippen molar-refractivity contribution in [1.82, 2.24) is 9.55 Å². The van der Waals surface area contributed by atoms with E-state index < -0.39 is 6.10 Å². The quantitative estimate of drug-likeness (QED) is 0.622. The van der Waals surface area contributed by atoms with Crippen LogP contribution in [0.5, 0.6) is 0 Å². The van der Waals surface area contributed by atoms with Crippen LogP contribution < -0.4 is 5.73 Å². The smallest absolute Gasteiger partial charge is 0.143 e. The Kier molecular flexibility index (Phi) is 3.77. The molecular weight excluding hydrogens is 398 g/mol. The van der Waals surface area contributed by atoms with E-state index in [-0.39, 0.29) is 0 Å². The maximum absolute atomic E-state index is 10.1. The van der Waals surface area contributed by atoms with Crippen molar-refractivity contribution in [1.29, 1.82) is 0 Å². The van der Waals surface area contributed by atoms with Crippen molar-refractivity contribution >= 4 is 48.6 Å². The molecule has 0 spiro atoms. The standard InChI is InChI=1S/C15H13Br2N3O/c1-8(21)15-19-12-7-10(18)3-5-13(12)20(15)14-6-9(16)2-4-11(14)17/h2-8,21H,18H2,1H3. The summed E-state index contributed by atoms with van der Waals surface area (Å²) in [6, 6.07) is 11.4. The van der Waals surface area contributed by atoms with Crippen LogP contribution >= 0.6 is 31.9 Å². The molecule has 3 aromatic rings. The molecule has 1 atom stereocenters. The van der Waals surface area contributed by atoms with E-state index in [2.05, 4.69) is 36.8 Å². The highest BCUT2D eigenvalue weighted by atomic mass is 79.9. The number of imidazole rings is 1. The highest BCUT2D eigenvalue weighted by Gasteiger charge is 2.18. The summed E-state index contributed by atoms with van der Waals surface area (Å²) in [7, 11) is 0. The number of nitrogen functional groups attached to an aromatic ring is 1. The minimum atomic E-state index is -0.690. The molecule has 1 unspecified atom stereocenters. The Labute approximate surface area is 138 Å². The molecule has 0 radical (unpaired) electrons. The van der Waals surface area contributed by atoms with Gasteiger partial charge in [0.2, 0.25) is 0 Å². The van der Waals surface area contributed by atoms with E-state index in [9.17, 15) is 5.11 Å². The third-order valence-electron chi connectivity index (χ3n) is 3.23. The molecule has 108 valence electrons. The van der Waals surface area contributed by atoms with Crippen LogP contribution in [0.15, 0.2) is 45.3 Å². The molecule has 0 aliphatic heterocycles. The molecule has 1 heterocycles. The summed E-state index contributed by atoms with van der Waals surface area (Å²) < 4.78 is 3.81. The largest absolute Gasteiger partial charge is 0.399 e. The second-order valence-corrected chi connectivity index (χ2v) is 6.60. The van der Waals surface area contributed by atoms with Crippen LogP contribution in [0.4, 0.5) is 5.69 Å². The van der Waals surface area contributed by atoms with E-state index in [1.54, 1.807) is 6.92 Å². The van der Waals surface area contributed by atoms with E-state index in [4.69, 9.17) is 5.73 Å². The van der Waals surface area contributed by atoms with Crippen molar-refractivity contribution in [3.05, 3.63) is 51.2 Å². The number of nitrogens with two attached hydrogens (primary N) is 1. The van der Waals surface area contributed by atoms with E-state index >= 15 is 0 Å². The Bertz CT molecular complexity index is 827. The molecule has 21 heavy (non-hydrogen) atoms. The zero-order chi connectivity index (χ0) is 15.1. The number of aliphatic hydroxyl groups is 1. The molecule has 4 nitrogen and oxygen atoms in total. The van der Waals surface area contributed by atoms with Gasteiger partial charge < -0.3 is 10.8 Å². The van der Waals surface area contributed by atoms with E-state index in [0.717, 1.165) is 25.7 Å². The van der Waals surface area contributed by atoms with E-state index in [0.29, 0.717) is 11.5 Å². The molecule has 0 aliphatic carbocycles. The third-order valence-corrected chi connectivity index (χ3v) is 4.39. The lowest BCUT2D eigenvalue weighted by Gasteiger charge is -2.13. The lowest BCUT2D eigenvalue weighted by molar-refractivity contribution is 0.187. The average molecular weight is 411 g/mol. The van der Waals surface area contributed by atoms with Gasteiger partial charge in [0.25, 0.3) is 0 Å². The van der Waals surface area contributed by atoms with Gasteiger partial charge in [-0.3, -0.25) is 4.57 Å². The van der Waals surface area contributed by atoms with Crippen LogP contribution in [-0.4, -0.2) is 14.7 Å². The van der Waals surface area contributed by atoms with Crippen LogP contribution in [-0.2, 0) is 0 Å². The number of hydrogen-bond donors (Lipinski definition) is 2. The topological polar surface area (TPSA) is 64.1 Å². The van der Waals surface area contributed by atoms with Gasteiger partial charge in [0.1, 0.15) is 11.9 Å². The van der Waals surface area contributed by atoms with Gasteiger partial charge in [-0.1, -0.05) is 15.9 Å². The van der Waals surface area contributed by atoms with Gasteiger partial charge in [0, 0.05) is 14.6 Å². The Morgan fingerprint density at radius 3 is 2.67 bits per heavy atom. The SMILES string of the molecule is CC(O)c1nc2cc(N)ccc2n1-c1cc(Br)ccc1Br. The molecular formula is C15H13Br2N3O. The molecule has 0 bridgehead atoms. The fourth-order valence-corrected chi connectivity index (χ4v) is 3.08. The summed E-state index contributed by atoms with van der Waals surface area (Å²) in [4.78, 5) is 4.52. The fraction of sp³-hybridized carbons (Fsp3) is 0.133. The molecule has 2 aromatic carbocycles. The van der Waals surface area contributed by atoms with Gasteiger partial charge in [-0.25, -0.2) is 4.98 Å². The predicted molar refractivity (Wildman–Crippen MR) is 91.5 cm³/mol. The molecule has 3 N–H and O–H groups in total. The fourth-order valence-electron chi connectivity index (χ4n) is 2.31. The lowest BCUT2D eigenvalue weighted by Crippen LogP contribution is -2.05. The average Bonchev–Trinajstić information content (AvgIpc) is 2.80. The van der Waals surface area contributed by atoms with Crippen LogP contribution in [0, 0.1) is 0 Å². The summed E-state index contributed by atoms with van der Waals surface area (Å²) in [5.74, 6) is 0.578. The number of fused-ring (bicyclic) bond motifs is 1. The Hall–Kier alpha value is -1.37. The highest BCUT2D eigenvalue weighted by molar-refractivity contribution is 9.11. The molecule has 6 heteroatoms. The van der Waals surface area contributed by atoms with Crippen molar-refractivity contribution in [2.24, 2.45) is 0 Å². The summed E-state index contributed by atoms with van der Waals surface area (Å²) in [6.07, 6.45) is -0.690. The van der Waals surface area contributed by atoms with Gasteiger partial charge >= 0.3 is 0 Å². The first kappa shape index (κ1) is 14.6. The number of rotatable bonds is 2. The minimum absolute atomic E-state index is 0.578. The molecule has 1 aromatic heterocycles. The molecule has 0 saturated heterocycles. The zero-order valence-corrected chi connectivity index (χ0v) is 14.4. The second kappa shape index (κ2) is 5.44. The van der Waals surface area contributed by atoms with Crippen molar-refractivity contribution in [3.8, 4) is 5.69 Å². The van der Waals surface area contributed by atoms with Crippen LogP contribution in [0.1, 0.15) is 18.9 Å². The number of hydrogen-bond acceptors (Lipinski definition) is 3. The van der Waals surface area contributed by atoms with E-state index in [1.165, 1.54) is 0 Å². The minimum Gasteiger partial charge on any atom is -0.399 e. The molecule has 0 saturated carbocycles. The van der Waals surface area contributed by atoms with E-state index in [1.807, 2.05) is 41.0 Å². The van der Waals surface area contributed by atoms with Crippen molar-refractivity contribution in [2.45, 2.75) is 13.0 Å². The van der Waals surface area contributed by atoms with Crippen LogP contribution in [0.3, 0.4) is 0 Å². The summed E-state index contributed by atoms with van der Waals surface area (Å²) in [6.45, 7) is 1.70. The Morgan fingerprint density at radius 1 is 1.19 bits per heavy atom. The monoisotopic (exact) mass is 409 g/mol. The first-order valence-electron chi connectivity index (χ1n) is 6.38. The van der Waals surface area contributed by atoms with Crippen LogP contribution in [0.2, 0.25) is 0 Å². The Balaban J connectivity index is 2.39. The maximum Gasteiger partial charge on any atom is 0.143 e. The number of anilines is 1. The Morgan fingerprint density at radius 2 is 1.95 bits per heavy atom. The van der Waals surface area contributed by atoms with Gasteiger partial charge in [0.15, 0.2) is 0 Å². The first-order chi connectivity index (χ1) is 9.97. The summed E-state index contributed by atoms with van der Waals surface area (Å²) >= 11 is 7.04.